The van der Waals surface area contributed by atoms with Gasteiger partial charge in [0.1, 0.15) is 11.9 Å². The van der Waals surface area contributed by atoms with Gasteiger partial charge in [-0.3, -0.25) is 4.99 Å². The molecule has 0 bridgehead atoms. The Balaban J connectivity index is 0.00000280. The Kier molecular flexibility index (Phi) is 9.33. The number of benzene rings is 1. The molecule has 1 aromatic carbocycles. The summed E-state index contributed by atoms with van der Waals surface area (Å²) in [6.45, 7) is 1.34. The van der Waals surface area contributed by atoms with Gasteiger partial charge in [0, 0.05) is 32.4 Å². The number of nitrogens with one attached hydrogen (secondary N) is 2. The van der Waals surface area contributed by atoms with Crippen molar-refractivity contribution in [3.8, 4) is 11.6 Å². The predicted octanol–water partition coefficient (Wildman–Crippen LogP) is 3.89. The molecule has 0 aliphatic heterocycles. The van der Waals surface area contributed by atoms with E-state index in [1.165, 1.54) is 12.8 Å². The third-order valence-corrected chi connectivity index (χ3v) is 4.69. The highest BCUT2D eigenvalue weighted by molar-refractivity contribution is 14.0. The first kappa shape index (κ1) is 22.3. The number of aliphatic imine (C=N–C) groups is 1. The van der Waals surface area contributed by atoms with Gasteiger partial charge in [-0.1, -0.05) is 18.2 Å². The molecule has 0 amide bonds. The van der Waals surface area contributed by atoms with E-state index in [4.69, 9.17) is 9.47 Å². The number of aromatic nitrogens is 1. The SMILES string of the molecule is CN=C(NCc1ccc(OC)cc1)NCc1ccc(OC2CCCC2)nc1.I. The summed E-state index contributed by atoms with van der Waals surface area (Å²) in [5.41, 5.74) is 2.25. The summed E-state index contributed by atoms with van der Waals surface area (Å²) in [5.74, 6) is 2.32. The zero-order valence-corrected chi connectivity index (χ0v) is 18.8. The summed E-state index contributed by atoms with van der Waals surface area (Å²) in [6, 6.07) is 12.0. The summed E-state index contributed by atoms with van der Waals surface area (Å²) in [4.78, 5) is 8.68. The zero-order valence-electron chi connectivity index (χ0n) is 16.5. The molecule has 0 radical (unpaired) electrons. The normalized spacial score (nSPS) is 14.3. The fourth-order valence-electron chi connectivity index (χ4n) is 3.10. The number of ether oxygens (including phenoxy) is 2. The fourth-order valence-corrected chi connectivity index (χ4v) is 3.10. The van der Waals surface area contributed by atoms with Gasteiger partial charge < -0.3 is 20.1 Å². The minimum Gasteiger partial charge on any atom is -0.497 e. The Morgan fingerprint density at radius 3 is 2.25 bits per heavy atom. The molecule has 0 atom stereocenters. The zero-order chi connectivity index (χ0) is 18.9. The molecule has 2 aromatic rings. The second kappa shape index (κ2) is 11.7. The predicted molar refractivity (Wildman–Crippen MR) is 123 cm³/mol. The van der Waals surface area contributed by atoms with Gasteiger partial charge in [-0.05, 0) is 48.9 Å². The number of hydrogen-bond acceptors (Lipinski definition) is 4. The molecule has 1 aliphatic rings. The highest BCUT2D eigenvalue weighted by atomic mass is 127. The van der Waals surface area contributed by atoms with E-state index in [0.29, 0.717) is 25.1 Å². The van der Waals surface area contributed by atoms with E-state index in [0.717, 1.165) is 35.7 Å². The molecule has 0 unspecified atom stereocenters. The van der Waals surface area contributed by atoms with Crippen LogP contribution in [0.4, 0.5) is 0 Å². The van der Waals surface area contributed by atoms with E-state index in [1.807, 2.05) is 42.6 Å². The van der Waals surface area contributed by atoms with Crippen molar-refractivity contribution in [1.82, 2.24) is 15.6 Å². The standard InChI is InChI=1S/C21H28N4O2.HI/c1-22-21(24-13-16-7-10-18(26-2)11-8-16)25-15-17-9-12-20(23-14-17)27-19-5-3-4-6-19;/h7-12,14,19H,3-6,13,15H2,1-2H3,(H2,22,24,25);1H. The largest absolute Gasteiger partial charge is 0.497 e. The van der Waals surface area contributed by atoms with Crippen molar-refractivity contribution in [2.24, 2.45) is 4.99 Å². The Hall–Kier alpha value is -2.03. The van der Waals surface area contributed by atoms with Gasteiger partial charge in [-0.25, -0.2) is 4.98 Å². The van der Waals surface area contributed by atoms with Gasteiger partial charge in [0.15, 0.2) is 5.96 Å². The molecule has 6 nitrogen and oxygen atoms in total. The fraction of sp³-hybridized carbons (Fsp3) is 0.429. The topological polar surface area (TPSA) is 67.8 Å². The lowest BCUT2D eigenvalue weighted by molar-refractivity contribution is 0.201. The van der Waals surface area contributed by atoms with Crippen LogP contribution >= 0.6 is 24.0 Å². The van der Waals surface area contributed by atoms with Crippen LogP contribution in [-0.4, -0.2) is 31.2 Å². The average Bonchev–Trinajstić information content (AvgIpc) is 3.23. The van der Waals surface area contributed by atoms with Gasteiger partial charge in [-0.2, -0.15) is 0 Å². The van der Waals surface area contributed by atoms with Crippen LogP contribution in [0.15, 0.2) is 47.6 Å². The molecule has 1 heterocycles. The third kappa shape index (κ3) is 6.85. The number of nitrogens with zero attached hydrogens (tertiary/aromatic N) is 2. The summed E-state index contributed by atoms with van der Waals surface area (Å²) >= 11 is 0. The van der Waals surface area contributed by atoms with Crippen LogP contribution in [0.3, 0.4) is 0 Å². The Labute approximate surface area is 184 Å². The van der Waals surface area contributed by atoms with Crippen LogP contribution in [0.25, 0.3) is 0 Å². The smallest absolute Gasteiger partial charge is 0.213 e. The maximum absolute atomic E-state index is 5.90. The van der Waals surface area contributed by atoms with E-state index >= 15 is 0 Å². The second-order valence-corrected chi connectivity index (χ2v) is 6.66. The summed E-state index contributed by atoms with van der Waals surface area (Å²) in [5, 5.41) is 6.61. The first-order chi connectivity index (χ1) is 13.3. The Morgan fingerprint density at radius 2 is 1.68 bits per heavy atom. The third-order valence-electron chi connectivity index (χ3n) is 4.69. The molecule has 7 heteroatoms. The van der Waals surface area contributed by atoms with E-state index in [-0.39, 0.29) is 24.0 Å². The molecule has 1 aliphatic carbocycles. The summed E-state index contributed by atoms with van der Waals surface area (Å²) in [6.07, 6.45) is 6.99. The van der Waals surface area contributed by atoms with Crippen molar-refractivity contribution in [3.63, 3.8) is 0 Å². The molecule has 0 spiro atoms. The molecular formula is C21H29IN4O2. The van der Waals surface area contributed by atoms with Gasteiger partial charge in [-0.15, -0.1) is 24.0 Å². The van der Waals surface area contributed by atoms with Gasteiger partial charge >= 0.3 is 0 Å². The van der Waals surface area contributed by atoms with Crippen LogP contribution < -0.4 is 20.1 Å². The van der Waals surface area contributed by atoms with Crippen LogP contribution in [0.1, 0.15) is 36.8 Å². The molecule has 28 heavy (non-hydrogen) atoms. The summed E-state index contributed by atoms with van der Waals surface area (Å²) in [7, 11) is 3.43. The van der Waals surface area contributed by atoms with Crippen LogP contribution in [0.2, 0.25) is 0 Å². The van der Waals surface area contributed by atoms with Crippen LogP contribution in [-0.2, 0) is 13.1 Å². The second-order valence-electron chi connectivity index (χ2n) is 6.66. The molecule has 0 saturated heterocycles. The number of methoxy groups -OCH3 is 1. The molecule has 3 rings (SSSR count). The first-order valence-electron chi connectivity index (χ1n) is 9.46. The number of pyridine rings is 1. The molecule has 1 aromatic heterocycles. The van der Waals surface area contributed by atoms with Crippen molar-refractivity contribution in [1.29, 1.82) is 0 Å². The van der Waals surface area contributed by atoms with E-state index in [9.17, 15) is 0 Å². The van der Waals surface area contributed by atoms with Crippen molar-refractivity contribution in [2.45, 2.75) is 44.9 Å². The van der Waals surface area contributed by atoms with Gasteiger partial charge in [0.2, 0.25) is 5.88 Å². The van der Waals surface area contributed by atoms with Crippen molar-refractivity contribution in [3.05, 3.63) is 53.7 Å². The lowest BCUT2D eigenvalue weighted by atomic mass is 10.2. The molecular weight excluding hydrogens is 467 g/mol. The lowest BCUT2D eigenvalue weighted by Crippen LogP contribution is -2.36. The highest BCUT2D eigenvalue weighted by Gasteiger charge is 2.16. The quantitative estimate of drug-likeness (QED) is 0.346. The van der Waals surface area contributed by atoms with Gasteiger partial charge in [0.05, 0.1) is 7.11 Å². The monoisotopic (exact) mass is 496 g/mol. The number of rotatable bonds is 7. The maximum atomic E-state index is 5.90. The number of hydrogen-bond donors (Lipinski definition) is 2. The van der Waals surface area contributed by atoms with Gasteiger partial charge in [0.25, 0.3) is 0 Å². The average molecular weight is 496 g/mol. The molecule has 152 valence electrons. The minimum atomic E-state index is 0. The van der Waals surface area contributed by atoms with Crippen LogP contribution in [0.5, 0.6) is 11.6 Å². The number of guanidine groups is 1. The van der Waals surface area contributed by atoms with Crippen LogP contribution in [0, 0.1) is 0 Å². The van der Waals surface area contributed by atoms with Crippen molar-refractivity contribution in [2.75, 3.05) is 14.2 Å². The Morgan fingerprint density at radius 1 is 1.04 bits per heavy atom. The molecule has 1 fully saturated rings. The molecule has 1 saturated carbocycles. The first-order valence-corrected chi connectivity index (χ1v) is 9.46. The lowest BCUT2D eigenvalue weighted by Gasteiger charge is -2.14. The highest BCUT2D eigenvalue weighted by Crippen LogP contribution is 2.22. The summed E-state index contributed by atoms with van der Waals surface area (Å²) < 4.78 is 11.1. The van der Waals surface area contributed by atoms with E-state index in [1.54, 1.807) is 14.2 Å². The number of halogens is 1. The maximum Gasteiger partial charge on any atom is 0.213 e. The van der Waals surface area contributed by atoms with Crippen molar-refractivity contribution < 1.29 is 9.47 Å². The minimum absolute atomic E-state index is 0. The Bertz CT molecular complexity index is 729. The van der Waals surface area contributed by atoms with Crippen molar-refractivity contribution >= 4 is 29.9 Å². The van der Waals surface area contributed by atoms with E-state index in [2.05, 4.69) is 20.6 Å². The molecule has 2 N–H and O–H groups in total. The van der Waals surface area contributed by atoms with E-state index < -0.39 is 0 Å².